The van der Waals surface area contributed by atoms with Crippen LogP contribution in [0.25, 0.3) is 0 Å². The van der Waals surface area contributed by atoms with Crippen molar-refractivity contribution >= 4 is 17.5 Å². The highest BCUT2D eigenvalue weighted by Crippen LogP contribution is 2.34. The highest BCUT2D eigenvalue weighted by molar-refractivity contribution is 6.29. The minimum absolute atomic E-state index is 0.0560. The van der Waals surface area contributed by atoms with Gasteiger partial charge in [0, 0.05) is 16.7 Å². The number of ether oxygens (including phenoxy) is 1. The molecule has 1 aliphatic carbocycles. The first-order valence-electron chi connectivity index (χ1n) is 6.41. The fourth-order valence-electron chi connectivity index (χ4n) is 2.36. The van der Waals surface area contributed by atoms with Gasteiger partial charge in [-0.25, -0.2) is 4.79 Å². The fraction of sp³-hybridized carbons (Fsp3) is 0.0625. The van der Waals surface area contributed by atoms with Crippen molar-refractivity contribution in [1.82, 2.24) is 0 Å². The minimum Gasteiger partial charge on any atom is -0.419 e. The molecule has 0 bridgehead atoms. The first kappa shape index (κ1) is 15.0. The first-order chi connectivity index (χ1) is 10.8. The summed E-state index contributed by atoms with van der Waals surface area (Å²) < 4.78 is 41.3. The van der Waals surface area contributed by atoms with Gasteiger partial charge in [-0.3, -0.25) is 9.59 Å². The Kier molecular flexibility index (Phi) is 3.28. The van der Waals surface area contributed by atoms with Gasteiger partial charge in [0.2, 0.25) is 0 Å². The normalized spacial score (nSPS) is 13.3. The molecule has 0 amide bonds. The van der Waals surface area contributed by atoms with Crippen molar-refractivity contribution in [2.75, 3.05) is 0 Å². The lowest BCUT2D eigenvalue weighted by Gasteiger charge is -2.19. The van der Waals surface area contributed by atoms with E-state index in [4.69, 9.17) is 0 Å². The Morgan fingerprint density at radius 1 is 0.826 bits per heavy atom. The first-order valence-corrected chi connectivity index (χ1v) is 6.41. The maximum Gasteiger partial charge on any atom is 0.491 e. The second-order valence-electron chi connectivity index (χ2n) is 4.77. The van der Waals surface area contributed by atoms with Gasteiger partial charge in [-0.1, -0.05) is 36.4 Å². The molecular formula is C16H7F3O4. The van der Waals surface area contributed by atoms with Crippen LogP contribution in [0.4, 0.5) is 13.2 Å². The summed E-state index contributed by atoms with van der Waals surface area (Å²) in [6, 6.07) is 9.53. The molecule has 2 aromatic carbocycles. The van der Waals surface area contributed by atoms with Crippen molar-refractivity contribution in [3.8, 4) is 5.75 Å². The Morgan fingerprint density at radius 3 is 2.00 bits per heavy atom. The Hall–Kier alpha value is -2.96. The second-order valence-corrected chi connectivity index (χ2v) is 4.77. The molecule has 2 aromatic rings. The fourth-order valence-corrected chi connectivity index (χ4v) is 2.36. The minimum atomic E-state index is -5.21. The zero-order chi connectivity index (χ0) is 16.8. The monoisotopic (exact) mass is 320 g/mol. The van der Waals surface area contributed by atoms with Gasteiger partial charge in [0.1, 0.15) is 5.75 Å². The quantitative estimate of drug-likeness (QED) is 0.511. The predicted molar refractivity (Wildman–Crippen MR) is 71.4 cm³/mol. The van der Waals surface area contributed by atoms with Gasteiger partial charge in [-0.05, 0) is 6.07 Å². The van der Waals surface area contributed by atoms with E-state index in [1.807, 2.05) is 0 Å². The van der Waals surface area contributed by atoms with Crippen LogP contribution in [0.15, 0.2) is 42.5 Å². The van der Waals surface area contributed by atoms with Crippen molar-refractivity contribution < 1.29 is 32.3 Å². The van der Waals surface area contributed by atoms with Crippen molar-refractivity contribution in [1.29, 1.82) is 0 Å². The molecule has 3 rings (SSSR count). The van der Waals surface area contributed by atoms with E-state index in [0.717, 1.165) is 6.07 Å². The second kappa shape index (κ2) is 5.05. The molecule has 0 fully saturated rings. The van der Waals surface area contributed by atoms with E-state index in [1.165, 1.54) is 30.3 Å². The molecule has 0 saturated heterocycles. The number of alkyl halides is 3. The van der Waals surface area contributed by atoms with Gasteiger partial charge in [-0.2, -0.15) is 13.2 Å². The van der Waals surface area contributed by atoms with Crippen molar-refractivity contribution in [2.45, 2.75) is 6.18 Å². The van der Waals surface area contributed by atoms with Gasteiger partial charge in [0.15, 0.2) is 11.6 Å². The summed E-state index contributed by atoms with van der Waals surface area (Å²) in [6.45, 7) is 0. The largest absolute Gasteiger partial charge is 0.491 e. The topological polar surface area (TPSA) is 60.4 Å². The number of hydrogen-bond acceptors (Lipinski definition) is 4. The van der Waals surface area contributed by atoms with Gasteiger partial charge in [-0.15, -0.1) is 0 Å². The lowest BCUT2D eigenvalue weighted by Crippen LogP contribution is -2.29. The van der Waals surface area contributed by atoms with E-state index in [-0.39, 0.29) is 22.3 Å². The molecule has 0 unspecified atom stereocenters. The van der Waals surface area contributed by atoms with E-state index in [1.54, 1.807) is 6.07 Å². The van der Waals surface area contributed by atoms with Crippen LogP contribution < -0.4 is 4.74 Å². The van der Waals surface area contributed by atoms with Crippen LogP contribution in [0, 0.1) is 0 Å². The summed E-state index contributed by atoms with van der Waals surface area (Å²) >= 11 is 0. The molecule has 0 spiro atoms. The van der Waals surface area contributed by atoms with E-state index in [0.29, 0.717) is 0 Å². The third-order valence-electron chi connectivity index (χ3n) is 3.35. The van der Waals surface area contributed by atoms with Crippen LogP contribution in [0.1, 0.15) is 31.8 Å². The third kappa shape index (κ3) is 2.40. The average molecular weight is 320 g/mol. The summed E-state index contributed by atoms with van der Waals surface area (Å²) in [7, 11) is 0. The number of hydrogen-bond donors (Lipinski definition) is 0. The molecule has 116 valence electrons. The van der Waals surface area contributed by atoms with E-state index >= 15 is 0 Å². The van der Waals surface area contributed by atoms with Crippen molar-refractivity contribution in [3.63, 3.8) is 0 Å². The number of rotatable bonds is 1. The lowest BCUT2D eigenvalue weighted by atomic mass is 9.83. The molecule has 0 radical (unpaired) electrons. The number of esters is 1. The molecule has 7 heteroatoms. The van der Waals surface area contributed by atoms with Crippen LogP contribution in [0.3, 0.4) is 0 Å². The van der Waals surface area contributed by atoms with Gasteiger partial charge in [0.25, 0.3) is 0 Å². The van der Waals surface area contributed by atoms with E-state index in [2.05, 4.69) is 4.74 Å². The summed E-state index contributed by atoms with van der Waals surface area (Å²) in [5.74, 6) is -4.22. The van der Waals surface area contributed by atoms with Crippen LogP contribution in [0.5, 0.6) is 5.75 Å². The number of carbonyl (C=O) groups excluding carboxylic acids is 3. The van der Waals surface area contributed by atoms with Crippen LogP contribution in [-0.4, -0.2) is 23.7 Å². The maximum absolute atomic E-state index is 12.5. The number of halogens is 3. The molecule has 4 nitrogen and oxygen atoms in total. The smallest absolute Gasteiger partial charge is 0.419 e. The zero-order valence-electron chi connectivity index (χ0n) is 11.3. The predicted octanol–water partition coefficient (Wildman–Crippen LogP) is 2.93. The van der Waals surface area contributed by atoms with Gasteiger partial charge in [0.05, 0.1) is 5.56 Å². The van der Waals surface area contributed by atoms with Gasteiger partial charge < -0.3 is 4.74 Å². The Morgan fingerprint density at radius 2 is 1.39 bits per heavy atom. The Balaban J connectivity index is 2.13. The number of benzene rings is 2. The molecule has 0 heterocycles. The molecule has 0 saturated carbocycles. The van der Waals surface area contributed by atoms with E-state index in [9.17, 15) is 27.6 Å². The van der Waals surface area contributed by atoms with E-state index < -0.39 is 29.5 Å². The van der Waals surface area contributed by atoms with Crippen molar-refractivity contribution in [2.24, 2.45) is 0 Å². The molecule has 1 aliphatic rings. The lowest BCUT2D eigenvalue weighted by molar-refractivity contribution is -0.189. The van der Waals surface area contributed by atoms with Crippen LogP contribution >= 0.6 is 0 Å². The van der Waals surface area contributed by atoms with Crippen LogP contribution in [-0.2, 0) is 4.79 Å². The Bertz CT molecular complexity index is 853. The highest BCUT2D eigenvalue weighted by Gasteiger charge is 2.42. The molecule has 0 aromatic heterocycles. The summed E-state index contributed by atoms with van der Waals surface area (Å²) in [6.07, 6.45) is -5.21. The average Bonchev–Trinajstić information content (AvgIpc) is 2.51. The molecule has 0 aliphatic heterocycles. The SMILES string of the molecule is O=C1c2ccccc2C(=O)c2c(OC(=O)C(F)(F)F)cccc21. The third-order valence-corrected chi connectivity index (χ3v) is 3.35. The summed E-state index contributed by atoms with van der Waals surface area (Å²) in [5, 5.41) is 0. The number of ketones is 2. The molecule has 23 heavy (non-hydrogen) atoms. The van der Waals surface area contributed by atoms with Gasteiger partial charge >= 0.3 is 12.1 Å². The highest BCUT2D eigenvalue weighted by atomic mass is 19.4. The Labute approximate surface area is 127 Å². The van der Waals surface area contributed by atoms with Crippen molar-refractivity contribution in [3.05, 3.63) is 64.7 Å². The summed E-state index contributed by atoms with van der Waals surface area (Å²) in [4.78, 5) is 35.9. The number of carbonyl (C=O) groups is 3. The summed E-state index contributed by atoms with van der Waals surface area (Å²) in [5.41, 5.74) is -0.222. The molecular weight excluding hydrogens is 313 g/mol. The molecule has 0 atom stereocenters. The van der Waals surface area contributed by atoms with Crippen LogP contribution in [0.2, 0.25) is 0 Å². The molecule has 0 N–H and O–H groups in total. The standard InChI is InChI=1S/C16H7F3O4/c17-16(18,19)15(22)23-11-7-3-6-10-12(11)14(21)9-5-2-1-4-8(9)13(10)20/h1-7H. The maximum atomic E-state index is 12.5. The zero-order valence-corrected chi connectivity index (χ0v) is 11.3. The number of fused-ring (bicyclic) bond motifs is 2.